The van der Waals surface area contributed by atoms with Gasteiger partial charge in [0.15, 0.2) is 0 Å². The molecule has 0 bridgehead atoms. The Hall–Kier alpha value is -3.68. The number of nitrogens with two attached hydrogens (primary N) is 1. The Morgan fingerprint density at radius 3 is 2.61 bits per heavy atom. The van der Waals surface area contributed by atoms with E-state index in [0.717, 1.165) is 36.2 Å². The fourth-order valence-corrected chi connectivity index (χ4v) is 3.75. The average molecular weight is 421 g/mol. The van der Waals surface area contributed by atoms with Crippen LogP contribution in [0.25, 0.3) is 11.3 Å². The number of nitrogens with one attached hydrogen (secondary N) is 2. The van der Waals surface area contributed by atoms with Gasteiger partial charge in [-0.1, -0.05) is 12.1 Å². The highest BCUT2D eigenvalue weighted by atomic mass is 19.1. The van der Waals surface area contributed by atoms with Gasteiger partial charge in [-0.2, -0.15) is 5.10 Å². The molecule has 1 fully saturated rings. The van der Waals surface area contributed by atoms with E-state index in [-0.39, 0.29) is 23.5 Å². The van der Waals surface area contributed by atoms with E-state index in [0.29, 0.717) is 24.5 Å². The Morgan fingerprint density at radius 2 is 1.90 bits per heavy atom. The number of anilines is 1. The summed E-state index contributed by atoms with van der Waals surface area (Å²) in [5.74, 6) is -0.950. The predicted octanol–water partition coefficient (Wildman–Crippen LogP) is 2.85. The van der Waals surface area contributed by atoms with Crippen molar-refractivity contribution in [1.82, 2.24) is 15.5 Å². The number of H-pyrrole nitrogens is 1. The number of carbonyl (C=O) groups excluding carboxylic acids is 2. The number of primary amides is 1. The summed E-state index contributed by atoms with van der Waals surface area (Å²) in [5, 5.41) is 9.71. The summed E-state index contributed by atoms with van der Waals surface area (Å²) in [6, 6.07) is 15.5. The Labute approximate surface area is 179 Å². The molecule has 3 aromatic rings. The van der Waals surface area contributed by atoms with Crippen LogP contribution in [0, 0.1) is 11.7 Å². The molecule has 1 aliphatic heterocycles. The lowest BCUT2D eigenvalue weighted by Gasteiger charge is -2.33. The first-order valence-electron chi connectivity index (χ1n) is 10.2. The van der Waals surface area contributed by atoms with Crippen LogP contribution in [0.5, 0.6) is 0 Å². The van der Waals surface area contributed by atoms with Crippen molar-refractivity contribution in [1.29, 1.82) is 0 Å². The summed E-state index contributed by atoms with van der Waals surface area (Å²) in [7, 11) is 0. The van der Waals surface area contributed by atoms with Gasteiger partial charge in [0.2, 0.25) is 5.91 Å². The predicted molar refractivity (Wildman–Crippen MR) is 116 cm³/mol. The molecular formula is C23H24FN5O2. The van der Waals surface area contributed by atoms with Gasteiger partial charge in [0, 0.05) is 30.9 Å². The number of hydrogen-bond acceptors (Lipinski definition) is 4. The standard InChI is InChI=1S/C23H24FN5O2/c24-18-7-5-16(6-8-18)20-12-21(28-27-20)23(31)26-13-15-3-9-19(10-4-15)29-11-1-2-17(14-29)22(25)30/h3-10,12,17H,1-2,11,13-14H2,(H2,25,30)(H,26,31)(H,27,28). The van der Waals surface area contributed by atoms with E-state index in [1.807, 2.05) is 24.3 Å². The van der Waals surface area contributed by atoms with Crippen molar-refractivity contribution in [3.63, 3.8) is 0 Å². The maximum absolute atomic E-state index is 13.1. The number of hydrogen-bond donors (Lipinski definition) is 3. The quantitative estimate of drug-likeness (QED) is 0.569. The minimum Gasteiger partial charge on any atom is -0.371 e. The van der Waals surface area contributed by atoms with E-state index in [4.69, 9.17) is 5.73 Å². The number of nitrogens with zero attached hydrogens (tertiary/aromatic N) is 2. The second-order valence-corrected chi connectivity index (χ2v) is 7.71. The van der Waals surface area contributed by atoms with Crippen LogP contribution in [0.4, 0.5) is 10.1 Å². The molecular weight excluding hydrogens is 397 g/mol. The third-order valence-electron chi connectivity index (χ3n) is 5.54. The van der Waals surface area contributed by atoms with Gasteiger partial charge in [-0.15, -0.1) is 0 Å². The maximum Gasteiger partial charge on any atom is 0.269 e. The zero-order valence-electron chi connectivity index (χ0n) is 17.0. The number of rotatable bonds is 6. The number of carbonyl (C=O) groups is 2. The molecule has 160 valence electrons. The van der Waals surface area contributed by atoms with Crippen LogP contribution < -0.4 is 16.0 Å². The Bertz CT molecular complexity index is 1060. The molecule has 2 aromatic carbocycles. The molecule has 1 saturated heterocycles. The molecule has 1 aliphatic rings. The van der Waals surface area contributed by atoms with Crippen molar-refractivity contribution >= 4 is 17.5 Å². The second-order valence-electron chi connectivity index (χ2n) is 7.71. The molecule has 1 aromatic heterocycles. The van der Waals surface area contributed by atoms with Gasteiger partial charge in [-0.05, 0) is 60.9 Å². The molecule has 1 atom stereocenters. The van der Waals surface area contributed by atoms with Crippen LogP contribution in [0.2, 0.25) is 0 Å². The summed E-state index contributed by atoms with van der Waals surface area (Å²) >= 11 is 0. The van der Waals surface area contributed by atoms with Gasteiger partial charge in [-0.25, -0.2) is 4.39 Å². The van der Waals surface area contributed by atoms with Gasteiger partial charge >= 0.3 is 0 Å². The van der Waals surface area contributed by atoms with E-state index in [1.54, 1.807) is 18.2 Å². The molecule has 0 aliphatic carbocycles. The number of piperidine rings is 1. The maximum atomic E-state index is 13.1. The number of amides is 2. The Balaban J connectivity index is 1.33. The van der Waals surface area contributed by atoms with Crippen LogP contribution in [-0.4, -0.2) is 35.1 Å². The summed E-state index contributed by atoms with van der Waals surface area (Å²) in [6.07, 6.45) is 1.78. The van der Waals surface area contributed by atoms with Crippen molar-refractivity contribution in [2.24, 2.45) is 11.7 Å². The van der Waals surface area contributed by atoms with E-state index in [9.17, 15) is 14.0 Å². The summed E-state index contributed by atoms with van der Waals surface area (Å²) in [4.78, 5) is 26.1. The van der Waals surface area contributed by atoms with E-state index in [2.05, 4.69) is 20.4 Å². The van der Waals surface area contributed by atoms with Crippen molar-refractivity contribution in [2.75, 3.05) is 18.0 Å². The lowest BCUT2D eigenvalue weighted by molar-refractivity contribution is -0.122. The zero-order valence-corrected chi connectivity index (χ0v) is 17.0. The smallest absolute Gasteiger partial charge is 0.269 e. The number of benzene rings is 2. The summed E-state index contributed by atoms with van der Waals surface area (Å²) in [5.41, 5.74) is 9.09. The van der Waals surface area contributed by atoms with Crippen molar-refractivity contribution in [2.45, 2.75) is 19.4 Å². The largest absolute Gasteiger partial charge is 0.371 e. The average Bonchev–Trinajstić information content (AvgIpc) is 3.29. The van der Waals surface area contributed by atoms with Crippen LogP contribution in [0.15, 0.2) is 54.6 Å². The molecule has 0 spiro atoms. The number of aromatic nitrogens is 2. The molecule has 4 N–H and O–H groups in total. The van der Waals surface area contributed by atoms with Gasteiger partial charge in [0.1, 0.15) is 11.5 Å². The molecule has 31 heavy (non-hydrogen) atoms. The van der Waals surface area contributed by atoms with E-state index in [1.165, 1.54) is 12.1 Å². The van der Waals surface area contributed by atoms with Crippen LogP contribution >= 0.6 is 0 Å². The van der Waals surface area contributed by atoms with Gasteiger partial charge in [0.25, 0.3) is 5.91 Å². The third kappa shape index (κ3) is 4.91. The number of aromatic amines is 1. The fourth-order valence-electron chi connectivity index (χ4n) is 3.75. The van der Waals surface area contributed by atoms with E-state index >= 15 is 0 Å². The second kappa shape index (κ2) is 8.99. The first-order chi connectivity index (χ1) is 15.0. The van der Waals surface area contributed by atoms with Gasteiger partial charge in [-0.3, -0.25) is 14.7 Å². The van der Waals surface area contributed by atoms with Gasteiger partial charge < -0.3 is 16.0 Å². The molecule has 8 heteroatoms. The Kier molecular flexibility index (Phi) is 5.97. The van der Waals surface area contributed by atoms with Crippen LogP contribution in [0.1, 0.15) is 28.9 Å². The highest BCUT2D eigenvalue weighted by Gasteiger charge is 2.24. The number of halogens is 1. The molecule has 4 rings (SSSR count). The van der Waals surface area contributed by atoms with Crippen molar-refractivity contribution < 1.29 is 14.0 Å². The molecule has 0 radical (unpaired) electrons. The van der Waals surface area contributed by atoms with Crippen LogP contribution in [-0.2, 0) is 11.3 Å². The first-order valence-corrected chi connectivity index (χ1v) is 10.2. The topological polar surface area (TPSA) is 104 Å². The van der Waals surface area contributed by atoms with Crippen LogP contribution in [0.3, 0.4) is 0 Å². The normalized spacial score (nSPS) is 16.2. The molecule has 2 amide bonds. The fraction of sp³-hybridized carbons (Fsp3) is 0.261. The van der Waals surface area contributed by atoms with E-state index < -0.39 is 0 Å². The zero-order chi connectivity index (χ0) is 21.8. The monoisotopic (exact) mass is 421 g/mol. The molecule has 7 nitrogen and oxygen atoms in total. The van der Waals surface area contributed by atoms with Crippen molar-refractivity contribution in [3.8, 4) is 11.3 Å². The molecule has 2 heterocycles. The minimum absolute atomic E-state index is 0.109. The Morgan fingerprint density at radius 1 is 1.16 bits per heavy atom. The lowest BCUT2D eigenvalue weighted by Crippen LogP contribution is -2.41. The highest BCUT2D eigenvalue weighted by molar-refractivity contribution is 5.93. The molecule has 0 saturated carbocycles. The van der Waals surface area contributed by atoms with Crippen molar-refractivity contribution in [3.05, 3.63) is 71.7 Å². The van der Waals surface area contributed by atoms with Gasteiger partial charge in [0.05, 0.1) is 11.6 Å². The highest BCUT2D eigenvalue weighted by Crippen LogP contribution is 2.23. The SMILES string of the molecule is NC(=O)C1CCCN(c2ccc(CNC(=O)c3cc(-c4ccc(F)cc4)n[nH]3)cc2)C1. The first kappa shape index (κ1) is 20.6. The summed E-state index contributed by atoms with van der Waals surface area (Å²) in [6.45, 7) is 1.91. The molecule has 1 unspecified atom stereocenters. The lowest BCUT2D eigenvalue weighted by atomic mass is 9.97. The third-order valence-corrected chi connectivity index (χ3v) is 5.54. The minimum atomic E-state index is -0.323. The summed E-state index contributed by atoms with van der Waals surface area (Å²) < 4.78 is 13.1.